The normalized spacial score (nSPS) is 20.0. The van der Waals surface area contributed by atoms with Gasteiger partial charge in [-0.15, -0.1) is 0 Å². The van der Waals surface area contributed by atoms with Gasteiger partial charge in [-0.2, -0.15) is 0 Å². The molecule has 0 unspecified atom stereocenters. The number of rotatable bonds is 7. The molecule has 2 atom stereocenters. The Morgan fingerprint density at radius 1 is 1.32 bits per heavy atom. The third-order valence-corrected chi connectivity index (χ3v) is 3.80. The Labute approximate surface area is 148 Å². The molecule has 0 spiro atoms. The van der Waals surface area contributed by atoms with Gasteiger partial charge in [0.1, 0.15) is 11.7 Å². The summed E-state index contributed by atoms with van der Waals surface area (Å²) in [7, 11) is 0. The number of hydrogen-bond donors (Lipinski definition) is 2. The van der Waals surface area contributed by atoms with E-state index in [-0.39, 0.29) is 5.92 Å². The maximum absolute atomic E-state index is 12.6. The summed E-state index contributed by atoms with van der Waals surface area (Å²) < 4.78 is 11.2. The maximum Gasteiger partial charge on any atom is 0.319 e. The van der Waals surface area contributed by atoms with Crippen LogP contribution in [0.1, 0.15) is 38.8 Å². The van der Waals surface area contributed by atoms with Gasteiger partial charge in [0.2, 0.25) is 0 Å². The lowest BCUT2D eigenvalue weighted by Gasteiger charge is -2.34. The Bertz CT molecular complexity index is 642. The number of nitrogens with one attached hydrogen (secondary N) is 2. The van der Waals surface area contributed by atoms with Crippen molar-refractivity contribution < 1.29 is 19.1 Å². The summed E-state index contributed by atoms with van der Waals surface area (Å²) in [6, 6.07) is 6.40. The molecule has 6 nitrogen and oxygen atoms in total. The second-order valence-electron chi connectivity index (χ2n) is 6.49. The van der Waals surface area contributed by atoms with Crippen LogP contribution in [0.15, 0.2) is 36.5 Å². The summed E-state index contributed by atoms with van der Waals surface area (Å²) in [5.74, 6) is -0.266. The number of ether oxygens (including phenoxy) is 2. The highest BCUT2D eigenvalue weighted by molar-refractivity contribution is 5.85. The quantitative estimate of drug-likeness (QED) is 0.744. The van der Waals surface area contributed by atoms with Crippen LogP contribution in [0.25, 0.3) is 0 Å². The lowest BCUT2D eigenvalue weighted by Crippen LogP contribution is -2.51. The second kappa shape index (κ2) is 8.55. The van der Waals surface area contributed by atoms with Gasteiger partial charge in [-0.3, -0.25) is 4.79 Å². The Morgan fingerprint density at radius 3 is 2.72 bits per heavy atom. The van der Waals surface area contributed by atoms with E-state index in [9.17, 15) is 9.59 Å². The third-order valence-electron chi connectivity index (χ3n) is 3.80. The van der Waals surface area contributed by atoms with E-state index in [0.717, 1.165) is 12.0 Å². The molecule has 0 aliphatic carbocycles. The van der Waals surface area contributed by atoms with Crippen LogP contribution in [0.2, 0.25) is 0 Å². The first-order valence-corrected chi connectivity index (χ1v) is 8.58. The molecular weight excluding hydrogens is 320 g/mol. The monoisotopic (exact) mass is 346 g/mol. The SMILES string of the molecule is C=C1NC(=O)N[C@H](c2ccccc2OCCC)[C@@H]1C(=O)OCC(C)C. The highest BCUT2D eigenvalue weighted by atomic mass is 16.5. The number of para-hydroxylation sites is 1. The van der Waals surface area contributed by atoms with Crippen molar-refractivity contribution >= 4 is 12.0 Å². The Morgan fingerprint density at radius 2 is 2.04 bits per heavy atom. The smallest absolute Gasteiger partial charge is 0.319 e. The molecule has 1 aliphatic rings. The van der Waals surface area contributed by atoms with Gasteiger partial charge in [0.05, 0.1) is 19.3 Å². The molecule has 1 aromatic rings. The van der Waals surface area contributed by atoms with Crippen LogP contribution in [0.3, 0.4) is 0 Å². The van der Waals surface area contributed by atoms with Gasteiger partial charge in [0, 0.05) is 11.3 Å². The topological polar surface area (TPSA) is 76.7 Å². The zero-order valence-corrected chi connectivity index (χ0v) is 15.0. The van der Waals surface area contributed by atoms with Crippen molar-refractivity contribution in [2.45, 2.75) is 33.2 Å². The summed E-state index contributed by atoms with van der Waals surface area (Å²) in [5.41, 5.74) is 1.06. The number of hydrogen-bond acceptors (Lipinski definition) is 4. The molecule has 136 valence electrons. The minimum absolute atomic E-state index is 0.224. The molecule has 2 rings (SSSR count). The summed E-state index contributed by atoms with van der Waals surface area (Å²) in [4.78, 5) is 24.6. The van der Waals surface area contributed by atoms with Gasteiger partial charge >= 0.3 is 12.0 Å². The molecule has 6 heteroatoms. The standard InChI is InChI=1S/C19H26N2O4/c1-5-10-24-15-9-7-6-8-14(15)17-16(13(4)20-19(23)21-17)18(22)25-11-12(2)3/h6-9,12,16-17H,4-5,10-11H2,1-3H3,(H2,20,21,23)/t16-,17-/m1/s1. The summed E-state index contributed by atoms with van der Waals surface area (Å²) in [6.45, 7) is 10.7. The Kier molecular flexibility index (Phi) is 6.44. The maximum atomic E-state index is 12.6. The van der Waals surface area contributed by atoms with Crippen molar-refractivity contribution in [1.82, 2.24) is 10.6 Å². The number of amides is 2. The molecule has 1 saturated heterocycles. The average molecular weight is 346 g/mol. The molecule has 1 aromatic carbocycles. The van der Waals surface area contributed by atoms with Gasteiger partial charge in [-0.25, -0.2) is 4.79 Å². The van der Waals surface area contributed by atoms with E-state index in [4.69, 9.17) is 9.47 Å². The van der Waals surface area contributed by atoms with Crippen LogP contribution >= 0.6 is 0 Å². The molecule has 1 heterocycles. The van der Waals surface area contributed by atoms with Crippen molar-refractivity contribution in [3.8, 4) is 5.75 Å². The number of urea groups is 1. The lowest BCUT2D eigenvalue weighted by molar-refractivity contribution is -0.149. The summed E-state index contributed by atoms with van der Waals surface area (Å²) in [6.07, 6.45) is 0.861. The zero-order chi connectivity index (χ0) is 18.4. The van der Waals surface area contributed by atoms with Crippen molar-refractivity contribution in [1.29, 1.82) is 0 Å². The van der Waals surface area contributed by atoms with Gasteiger partial charge in [-0.05, 0) is 18.4 Å². The Hall–Kier alpha value is -2.50. The number of carbonyl (C=O) groups is 2. The molecule has 0 bridgehead atoms. The number of esters is 1. The largest absolute Gasteiger partial charge is 0.493 e. The molecular formula is C19H26N2O4. The number of benzene rings is 1. The van der Waals surface area contributed by atoms with Crippen LogP contribution in [0.4, 0.5) is 4.79 Å². The van der Waals surface area contributed by atoms with Gasteiger partial charge < -0.3 is 20.1 Å². The fourth-order valence-electron chi connectivity index (χ4n) is 2.64. The van der Waals surface area contributed by atoms with E-state index in [1.54, 1.807) is 0 Å². The Balaban J connectivity index is 2.32. The molecule has 0 saturated carbocycles. The highest BCUT2D eigenvalue weighted by Gasteiger charge is 2.40. The molecule has 2 amide bonds. The van der Waals surface area contributed by atoms with E-state index in [1.165, 1.54) is 0 Å². The highest BCUT2D eigenvalue weighted by Crippen LogP contribution is 2.35. The molecule has 25 heavy (non-hydrogen) atoms. The van der Waals surface area contributed by atoms with E-state index in [0.29, 0.717) is 24.7 Å². The van der Waals surface area contributed by atoms with Crippen LogP contribution < -0.4 is 15.4 Å². The fourth-order valence-corrected chi connectivity index (χ4v) is 2.64. The molecule has 0 aromatic heterocycles. The van der Waals surface area contributed by atoms with E-state index < -0.39 is 24.0 Å². The first kappa shape index (κ1) is 18.8. The van der Waals surface area contributed by atoms with Crippen LogP contribution in [-0.4, -0.2) is 25.2 Å². The summed E-state index contributed by atoms with van der Waals surface area (Å²) >= 11 is 0. The first-order chi connectivity index (χ1) is 11.9. The van der Waals surface area contributed by atoms with Crippen LogP contribution in [0, 0.1) is 11.8 Å². The number of carbonyl (C=O) groups excluding carboxylic acids is 2. The lowest BCUT2D eigenvalue weighted by atomic mass is 9.88. The fraction of sp³-hybridized carbons (Fsp3) is 0.474. The van der Waals surface area contributed by atoms with E-state index in [2.05, 4.69) is 17.2 Å². The van der Waals surface area contributed by atoms with Gasteiger partial charge in [0.25, 0.3) is 0 Å². The van der Waals surface area contributed by atoms with E-state index >= 15 is 0 Å². The van der Waals surface area contributed by atoms with Crippen molar-refractivity contribution in [2.75, 3.05) is 13.2 Å². The van der Waals surface area contributed by atoms with Crippen molar-refractivity contribution in [3.05, 3.63) is 42.1 Å². The predicted molar refractivity (Wildman–Crippen MR) is 95.1 cm³/mol. The van der Waals surface area contributed by atoms with Crippen molar-refractivity contribution in [2.24, 2.45) is 11.8 Å². The molecule has 2 N–H and O–H groups in total. The summed E-state index contributed by atoms with van der Waals surface area (Å²) in [5, 5.41) is 5.38. The third kappa shape index (κ3) is 4.75. The van der Waals surface area contributed by atoms with Crippen molar-refractivity contribution in [3.63, 3.8) is 0 Å². The average Bonchev–Trinajstić information content (AvgIpc) is 2.57. The van der Waals surface area contributed by atoms with E-state index in [1.807, 2.05) is 45.0 Å². The van der Waals surface area contributed by atoms with Gasteiger partial charge in [0.15, 0.2) is 0 Å². The first-order valence-electron chi connectivity index (χ1n) is 8.58. The van der Waals surface area contributed by atoms with Gasteiger partial charge in [-0.1, -0.05) is 45.5 Å². The zero-order valence-electron chi connectivity index (χ0n) is 15.0. The molecule has 1 aliphatic heterocycles. The van der Waals surface area contributed by atoms with Crippen LogP contribution in [-0.2, 0) is 9.53 Å². The van der Waals surface area contributed by atoms with Crippen LogP contribution in [0.5, 0.6) is 5.75 Å². The minimum Gasteiger partial charge on any atom is -0.493 e. The molecule has 1 fully saturated rings. The predicted octanol–water partition coefficient (Wildman–Crippen LogP) is 3.16. The minimum atomic E-state index is -0.720. The molecule has 0 radical (unpaired) electrons. The second-order valence-corrected chi connectivity index (χ2v) is 6.49.